The van der Waals surface area contributed by atoms with Gasteiger partial charge in [-0.3, -0.25) is 11.3 Å². The van der Waals surface area contributed by atoms with Gasteiger partial charge in [-0.1, -0.05) is 20.8 Å². The Morgan fingerprint density at radius 3 is 2.58 bits per heavy atom. The Morgan fingerprint density at radius 2 is 2.16 bits per heavy atom. The van der Waals surface area contributed by atoms with Crippen molar-refractivity contribution < 1.29 is 4.74 Å². The number of nitrogens with one attached hydrogen (secondary N) is 1. The lowest BCUT2D eigenvalue weighted by Gasteiger charge is -2.36. The van der Waals surface area contributed by atoms with Crippen molar-refractivity contribution >= 4 is 0 Å². The lowest BCUT2D eigenvalue weighted by atomic mass is 9.83. The van der Waals surface area contributed by atoms with Gasteiger partial charge in [-0.2, -0.15) is 0 Å². The first-order valence-electron chi connectivity index (χ1n) is 6.94. The average molecular weight is 268 g/mol. The highest BCUT2D eigenvalue weighted by Crippen LogP contribution is 2.26. The lowest BCUT2D eigenvalue weighted by molar-refractivity contribution is -0.0374. The van der Waals surface area contributed by atoms with Gasteiger partial charge in [0.2, 0.25) is 0 Å². The monoisotopic (exact) mass is 268 g/mol. The van der Waals surface area contributed by atoms with Gasteiger partial charge in [0.1, 0.15) is 5.82 Å². The van der Waals surface area contributed by atoms with Crippen LogP contribution in [0.3, 0.4) is 0 Å². The predicted molar refractivity (Wildman–Crippen MR) is 77.5 cm³/mol. The zero-order valence-corrected chi connectivity index (χ0v) is 12.8. The van der Waals surface area contributed by atoms with Crippen LogP contribution >= 0.6 is 0 Å². The summed E-state index contributed by atoms with van der Waals surface area (Å²) in [5, 5.41) is 0. The molecule has 0 saturated heterocycles. The average Bonchev–Trinajstić information content (AvgIpc) is 2.73. The number of aromatic nitrogens is 2. The van der Waals surface area contributed by atoms with Gasteiger partial charge in [-0.25, -0.2) is 4.98 Å². The highest BCUT2D eigenvalue weighted by Gasteiger charge is 2.32. The maximum atomic E-state index is 5.89. The molecule has 0 amide bonds. The SMILES string of the molecule is CCOC(C(CCc1nccn1C)NN)C(C)(C)C. The fraction of sp³-hybridized carbons (Fsp3) is 0.786. The summed E-state index contributed by atoms with van der Waals surface area (Å²) in [5.74, 6) is 6.79. The van der Waals surface area contributed by atoms with Crippen molar-refractivity contribution in [3.63, 3.8) is 0 Å². The number of nitrogens with two attached hydrogens (primary N) is 1. The second kappa shape index (κ2) is 7.03. The van der Waals surface area contributed by atoms with Crippen LogP contribution in [0.25, 0.3) is 0 Å². The fourth-order valence-corrected chi connectivity index (χ4v) is 2.39. The molecule has 5 nitrogen and oxygen atoms in total. The number of rotatable bonds is 7. The molecule has 0 aliphatic carbocycles. The molecule has 1 aromatic heterocycles. The molecule has 0 aliphatic heterocycles. The molecule has 5 heteroatoms. The van der Waals surface area contributed by atoms with E-state index in [1.807, 2.05) is 30.9 Å². The van der Waals surface area contributed by atoms with E-state index in [0.29, 0.717) is 6.61 Å². The summed E-state index contributed by atoms with van der Waals surface area (Å²) in [5.41, 5.74) is 2.96. The number of nitrogens with zero attached hydrogens (tertiary/aromatic N) is 2. The van der Waals surface area contributed by atoms with E-state index in [-0.39, 0.29) is 17.6 Å². The standard InChI is InChI=1S/C14H28N4O/c1-6-19-13(14(2,3)4)11(17-15)7-8-12-16-9-10-18(12)5/h9-11,13,17H,6-8,15H2,1-5H3. The van der Waals surface area contributed by atoms with Crippen molar-refractivity contribution in [3.8, 4) is 0 Å². The molecule has 2 atom stereocenters. The minimum Gasteiger partial charge on any atom is -0.376 e. The van der Waals surface area contributed by atoms with Crippen molar-refractivity contribution in [3.05, 3.63) is 18.2 Å². The summed E-state index contributed by atoms with van der Waals surface area (Å²) in [6, 6.07) is 0.122. The Balaban J connectivity index is 2.67. The molecule has 110 valence electrons. The Labute approximate surface area is 116 Å². The smallest absolute Gasteiger partial charge is 0.108 e. The summed E-state index contributed by atoms with van der Waals surface area (Å²) in [4.78, 5) is 4.34. The third kappa shape index (κ3) is 4.60. The number of hydrogen-bond donors (Lipinski definition) is 2. The summed E-state index contributed by atoms with van der Waals surface area (Å²) in [6.07, 6.45) is 5.66. The van der Waals surface area contributed by atoms with E-state index >= 15 is 0 Å². The number of aryl methyl sites for hydroxylation is 2. The van der Waals surface area contributed by atoms with Crippen LogP contribution < -0.4 is 11.3 Å². The van der Waals surface area contributed by atoms with Gasteiger partial charge < -0.3 is 9.30 Å². The van der Waals surface area contributed by atoms with Crippen molar-refractivity contribution in [1.29, 1.82) is 0 Å². The van der Waals surface area contributed by atoms with Crippen LogP contribution in [-0.4, -0.2) is 28.3 Å². The first kappa shape index (κ1) is 16.1. The van der Waals surface area contributed by atoms with Crippen LogP contribution in [0.1, 0.15) is 39.9 Å². The van der Waals surface area contributed by atoms with E-state index in [9.17, 15) is 0 Å². The molecule has 1 aromatic rings. The predicted octanol–water partition coefficient (Wildman–Crippen LogP) is 1.64. The van der Waals surface area contributed by atoms with Crippen LogP contribution in [0.5, 0.6) is 0 Å². The van der Waals surface area contributed by atoms with Gasteiger partial charge >= 0.3 is 0 Å². The van der Waals surface area contributed by atoms with Gasteiger partial charge in [0, 0.05) is 38.5 Å². The van der Waals surface area contributed by atoms with Crippen molar-refractivity contribution in [2.24, 2.45) is 18.3 Å². The Hall–Kier alpha value is -0.910. The maximum Gasteiger partial charge on any atom is 0.108 e. The second-order valence-electron chi connectivity index (χ2n) is 6.01. The summed E-state index contributed by atoms with van der Waals surface area (Å²) < 4.78 is 7.93. The molecule has 0 saturated carbocycles. The van der Waals surface area contributed by atoms with Gasteiger partial charge in [0.05, 0.1) is 6.10 Å². The highest BCUT2D eigenvalue weighted by atomic mass is 16.5. The van der Waals surface area contributed by atoms with E-state index in [1.165, 1.54) is 0 Å². The van der Waals surface area contributed by atoms with E-state index in [0.717, 1.165) is 18.7 Å². The van der Waals surface area contributed by atoms with E-state index < -0.39 is 0 Å². The molecule has 0 aliphatic rings. The molecule has 1 rings (SSSR count). The molecule has 0 fully saturated rings. The molecule has 0 radical (unpaired) electrons. The van der Waals surface area contributed by atoms with Crippen molar-refractivity contribution in [2.45, 2.75) is 52.7 Å². The first-order chi connectivity index (χ1) is 8.90. The number of hydrazine groups is 1. The van der Waals surface area contributed by atoms with E-state index in [4.69, 9.17) is 10.6 Å². The summed E-state index contributed by atoms with van der Waals surface area (Å²) in [7, 11) is 2.01. The van der Waals surface area contributed by atoms with Gasteiger partial charge in [0.15, 0.2) is 0 Å². The topological polar surface area (TPSA) is 65.1 Å². The molecule has 1 heterocycles. The van der Waals surface area contributed by atoms with Gasteiger partial charge in [0.25, 0.3) is 0 Å². The number of imidazole rings is 1. The van der Waals surface area contributed by atoms with Crippen LogP contribution in [0.4, 0.5) is 0 Å². The molecule has 0 aromatic carbocycles. The number of ether oxygens (including phenoxy) is 1. The van der Waals surface area contributed by atoms with Crippen LogP contribution in [-0.2, 0) is 18.2 Å². The molecule has 2 unspecified atom stereocenters. The zero-order chi connectivity index (χ0) is 14.5. The first-order valence-corrected chi connectivity index (χ1v) is 6.94. The van der Waals surface area contributed by atoms with Crippen molar-refractivity contribution in [2.75, 3.05) is 6.61 Å². The minimum atomic E-state index is 0.0503. The van der Waals surface area contributed by atoms with E-state index in [2.05, 4.69) is 31.2 Å². The van der Waals surface area contributed by atoms with E-state index in [1.54, 1.807) is 0 Å². The Kier molecular flexibility index (Phi) is 5.97. The van der Waals surface area contributed by atoms with Crippen LogP contribution in [0.2, 0.25) is 0 Å². The highest BCUT2D eigenvalue weighted by molar-refractivity contribution is 4.94. The molecular weight excluding hydrogens is 240 g/mol. The second-order valence-corrected chi connectivity index (χ2v) is 6.01. The van der Waals surface area contributed by atoms with Gasteiger partial charge in [-0.15, -0.1) is 0 Å². The molecule has 19 heavy (non-hydrogen) atoms. The normalized spacial score (nSPS) is 15.5. The maximum absolute atomic E-state index is 5.89. The quantitative estimate of drug-likeness (QED) is 0.583. The molecule has 0 bridgehead atoms. The molecule has 0 spiro atoms. The Bertz CT molecular complexity index is 370. The third-order valence-electron chi connectivity index (χ3n) is 3.38. The largest absolute Gasteiger partial charge is 0.376 e. The molecular formula is C14H28N4O. The number of hydrogen-bond acceptors (Lipinski definition) is 4. The van der Waals surface area contributed by atoms with Gasteiger partial charge in [-0.05, 0) is 18.8 Å². The minimum absolute atomic E-state index is 0.0503. The third-order valence-corrected chi connectivity index (χ3v) is 3.38. The Morgan fingerprint density at radius 1 is 1.47 bits per heavy atom. The molecule has 3 N–H and O–H groups in total. The van der Waals surface area contributed by atoms with Crippen LogP contribution in [0.15, 0.2) is 12.4 Å². The summed E-state index contributed by atoms with van der Waals surface area (Å²) >= 11 is 0. The van der Waals surface area contributed by atoms with Crippen molar-refractivity contribution in [1.82, 2.24) is 15.0 Å². The lowest BCUT2D eigenvalue weighted by Crippen LogP contribution is -2.51. The zero-order valence-electron chi connectivity index (χ0n) is 12.8. The summed E-state index contributed by atoms with van der Waals surface area (Å²) in [6.45, 7) is 9.25. The van der Waals surface area contributed by atoms with Crippen LogP contribution in [0, 0.1) is 5.41 Å². The fourth-order valence-electron chi connectivity index (χ4n) is 2.39.